The predicted octanol–water partition coefficient (Wildman–Crippen LogP) is 4.14. The van der Waals surface area contributed by atoms with Crippen molar-refractivity contribution < 1.29 is 19.4 Å². The Balaban J connectivity index is 1.85. The van der Waals surface area contributed by atoms with Gasteiger partial charge in [-0.1, -0.05) is 29.3 Å². The van der Waals surface area contributed by atoms with Crippen LogP contribution in [0.2, 0.25) is 10.0 Å². The molecule has 0 saturated carbocycles. The minimum absolute atomic E-state index is 0.0423. The van der Waals surface area contributed by atoms with Crippen LogP contribution in [-0.2, 0) is 6.42 Å². The van der Waals surface area contributed by atoms with E-state index in [9.17, 15) is 9.90 Å². The number of halogens is 2. The van der Waals surface area contributed by atoms with Crippen LogP contribution in [0.25, 0.3) is 0 Å². The van der Waals surface area contributed by atoms with Gasteiger partial charge in [0, 0.05) is 5.02 Å². The first-order valence-electron chi connectivity index (χ1n) is 7.01. The third kappa shape index (κ3) is 3.09. The number of ketones is 1. The number of rotatable bonds is 3. The molecule has 1 aliphatic rings. The summed E-state index contributed by atoms with van der Waals surface area (Å²) in [6.07, 6.45) is 0.444. The van der Waals surface area contributed by atoms with E-state index in [-0.39, 0.29) is 24.1 Å². The number of carbonyl (C=O) groups is 1. The highest BCUT2D eigenvalue weighted by molar-refractivity contribution is 6.36. The molecule has 1 heterocycles. The van der Waals surface area contributed by atoms with Gasteiger partial charge >= 0.3 is 0 Å². The molecule has 0 saturated heterocycles. The molecule has 1 unspecified atom stereocenters. The van der Waals surface area contributed by atoms with Crippen molar-refractivity contribution in [3.63, 3.8) is 0 Å². The van der Waals surface area contributed by atoms with Gasteiger partial charge in [-0.05, 0) is 36.2 Å². The number of methoxy groups -OCH3 is 1. The minimum Gasteiger partial charge on any atom is -0.504 e. The Labute approximate surface area is 143 Å². The van der Waals surface area contributed by atoms with Crippen molar-refractivity contribution in [2.24, 2.45) is 5.92 Å². The molecule has 1 N–H and O–H groups in total. The van der Waals surface area contributed by atoms with Crippen LogP contribution in [-0.4, -0.2) is 24.6 Å². The SMILES string of the molecule is COc1ccc(CC2COc3c(Cl)cc(Cl)cc3C2=O)cc1O. The number of aromatic hydroxyl groups is 1. The van der Waals surface area contributed by atoms with E-state index in [1.165, 1.54) is 7.11 Å². The number of phenolic OH excluding ortho intramolecular Hbond substituents is 1. The highest BCUT2D eigenvalue weighted by atomic mass is 35.5. The maximum atomic E-state index is 12.6. The number of Topliss-reactive ketones (excluding diaryl/α,β-unsaturated/α-hetero) is 1. The van der Waals surface area contributed by atoms with Gasteiger partial charge in [-0.25, -0.2) is 0 Å². The Morgan fingerprint density at radius 2 is 2.09 bits per heavy atom. The summed E-state index contributed by atoms with van der Waals surface area (Å²) in [6, 6.07) is 8.19. The van der Waals surface area contributed by atoms with Crippen LogP contribution in [0.1, 0.15) is 15.9 Å². The second-order valence-corrected chi connectivity index (χ2v) is 6.19. The average Bonchev–Trinajstić information content (AvgIpc) is 2.51. The molecule has 120 valence electrons. The summed E-state index contributed by atoms with van der Waals surface area (Å²) in [5.74, 6) is 0.398. The first-order valence-corrected chi connectivity index (χ1v) is 7.77. The number of ether oxygens (including phenoxy) is 2. The molecule has 4 nitrogen and oxygen atoms in total. The van der Waals surface area contributed by atoms with Gasteiger partial charge in [-0.2, -0.15) is 0 Å². The fraction of sp³-hybridized carbons (Fsp3) is 0.235. The van der Waals surface area contributed by atoms with Crippen molar-refractivity contribution in [3.8, 4) is 17.2 Å². The van der Waals surface area contributed by atoms with Crippen LogP contribution in [0.4, 0.5) is 0 Å². The number of hydrogen-bond acceptors (Lipinski definition) is 4. The lowest BCUT2D eigenvalue weighted by Crippen LogP contribution is -2.29. The van der Waals surface area contributed by atoms with Gasteiger partial charge in [0.2, 0.25) is 0 Å². The first-order chi connectivity index (χ1) is 11.0. The van der Waals surface area contributed by atoms with E-state index in [0.29, 0.717) is 33.5 Å². The zero-order chi connectivity index (χ0) is 16.6. The number of phenols is 1. The van der Waals surface area contributed by atoms with Gasteiger partial charge in [0.15, 0.2) is 17.3 Å². The van der Waals surface area contributed by atoms with Crippen molar-refractivity contribution in [2.45, 2.75) is 6.42 Å². The molecule has 6 heteroatoms. The predicted molar refractivity (Wildman–Crippen MR) is 88.1 cm³/mol. The molecule has 0 spiro atoms. The van der Waals surface area contributed by atoms with Gasteiger partial charge in [-0.3, -0.25) is 4.79 Å². The molecular formula is C17H14Cl2O4. The van der Waals surface area contributed by atoms with E-state index < -0.39 is 0 Å². The fourth-order valence-electron chi connectivity index (χ4n) is 2.67. The summed E-state index contributed by atoms with van der Waals surface area (Å²) in [6.45, 7) is 0.236. The largest absolute Gasteiger partial charge is 0.504 e. The molecule has 0 bridgehead atoms. The van der Waals surface area contributed by atoms with E-state index in [2.05, 4.69) is 0 Å². The van der Waals surface area contributed by atoms with Crippen molar-refractivity contribution in [3.05, 3.63) is 51.5 Å². The van der Waals surface area contributed by atoms with Crippen LogP contribution in [0.5, 0.6) is 17.2 Å². The number of benzene rings is 2. The number of fused-ring (bicyclic) bond motifs is 1. The molecule has 0 fully saturated rings. The molecule has 0 aliphatic carbocycles. The highest BCUT2D eigenvalue weighted by Gasteiger charge is 2.31. The molecule has 23 heavy (non-hydrogen) atoms. The van der Waals surface area contributed by atoms with Crippen molar-refractivity contribution in [2.75, 3.05) is 13.7 Å². The van der Waals surface area contributed by atoms with Crippen LogP contribution in [0.15, 0.2) is 30.3 Å². The van der Waals surface area contributed by atoms with Crippen molar-refractivity contribution in [1.29, 1.82) is 0 Å². The maximum Gasteiger partial charge on any atom is 0.173 e. The molecule has 0 radical (unpaired) electrons. The molecule has 3 rings (SSSR count). The first kappa shape index (κ1) is 16.0. The Hall–Kier alpha value is -1.91. The Morgan fingerprint density at radius 1 is 1.30 bits per heavy atom. The van der Waals surface area contributed by atoms with E-state index in [0.717, 1.165) is 5.56 Å². The van der Waals surface area contributed by atoms with E-state index >= 15 is 0 Å². The summed E-state index contributed by atoms with van der Waals surface area (Å²) in [7, 11) is 1.48. The smallest absolute Gasteiger partial charge is 0.173 e. The quantitative estimate of drug-likeness (QED) is 0.901. The normalized spacial score (nSPS) is 16.7. The molecule has 2 aromatic carbocycles. The molecule has 1 atom stereocenters. The monoisotopic (exact) mass is 352 g/mol. The minimum atomic E-state index is -0.357. The van der Waals surface area contributed by atoms with E-state index in [1.54, 1.807) is 24.3 Å². The van der Waals surface area contributed by atoms with Crippen LogP contribution < -0.4 is 9.47 Å². The second-order valence-electron chi connectivity index (χ2n) is 5.35. The van der Waals surface area contributed by atoms with Crippen LogP contribution in [0.3, 0.4) is 0 Å². The van der Waals surface area contributed by atoms with Crippen LogP contribution >= 0.6 is 23.2 Å². The number of hydrogen-bond donors (Lipinski definition) is 1. The van der Waals surface area contributed by atoms with Gasteiger partial charge in [0.05, 0.1) is 30.2 Å². The summed E-state index contributed by atoms with van der Waals surface area (Å²) < 4.78 is 10.7. The van der Waals surface area contributed by atoms with Crippen molar-refractivity contribution in [1.82, 2.24) is 0 Å². The van der Waals surface area contributed by atoms with E-state index in [1.807, 2.05) is 6.07 Å². The molecule has 2 aromatic rings. The zero-order valence-corrected chi connectivity index (χ0v) is 13.8. The highest BCUT2D eigenvalue weighted by Crippen LogP contribution is 2.38. The standard InChI is InChI=1S/C17H14Cl2O4/c1-22-15-3-2-9(5-14(15)20)4-10-8-23-17-12(16(10)21)6-11(18)7-13(17)19/h2-3,5-7,10,20H,4,8H2,1H3. The second kappa shape index (κ2) is 6.30. The Kier molecular flexibility index (Phi) is 4.37. The van der Waals surface area contributed by atoms with Gasteiger partial charge in [0.1, 0.15) is 5.75 Å². The third-order valence-corrected chi connectivity index (χ3v) is 4.30. The summed E-state index contributed by atoms with van der Waals surface area (Å²) in [5, 5.41) is 10.6. The van der Waals surface area contributed by atoms with Gasteiger partial charge in [-0.15, -0.1) is 0 Å². The fourth-order valence-corrected chi connectivity index (χ4v) is 3.22. The van der Waals surface area contributed by atoms with E-state index in [4.69, 9.17) is 32.7 Å². The maximum absolute atomic E-state index is 12.6. The zero-order valence-electron chi connectivity index (χ0n) is 12.3. The average molecular weight is 353 g/mol. The molecule has 0 aromatic heterocycles. The van der Waals surface area contributed by atoms with Gasteiger partial charge in [0.25, 0.3) is 0 Å². The lowest BCUT2D eigenvalue weighted by Gasteiger charge is -2.25. The lowest BCUT2D eigenvalue weighted by atomic mass is 9.89. The lowest BCUT2D eigenvalue weighted by molar-refractivity contribution is 0.0830. The van der Waals surface area contributed by atoms with Crippen LogP contribution in [0, 0.1) is 5.92 Å². The topological polar surface area (TPSA) is 55.8 Å². The van der Waals surface area contributed by atoms with Crippen molar-refractivity contribution >= 4 is 29.0 Å². The van der Waals surface area contributed by atoms with Gasteiger partial charge < -0.3 is 14.6 Å². The molecular weight excluding hydrogens is 339 g/mol. The summed E-state index contributed by atoms with van der Waals surface area (Å²) >= 11 is 12.0. The molecule has 0 amide bonds. The Bertz CT molecular complexity index is 773. The molecule has 1 aliphatic heterocycles. The Morgan fingerprint density at radius 3 is 2.78 bits per heavy atom. The summed E-state index contributed by atoms with van der Waals surface area (Å²) in [5.41, 5.74) is 1.22. The third-order valence-electron chi connectivity index (χ3n) is 3.80. The summed E-state index contributed by atoms with van der Waals surface area (Å²) in [4.78, 5) is 12.6. The number of carbonyl (C=O) groups excluding carboxylic acids is 1.